The van der Waals surface area contributed by atoms with Gasteiger partial charge in [-0.25, -0.2) is 9.97 Å². The molecular weight excluding hydrogens is 402 g/mol. The first-order valence-corrected chi connectivity index (χ1v) is 11.1. The van der Waals surface area contributed by atoms with E-state index in [9.17, 15) is 4.79 Å². The first-order chi connectivity index (χ1) is 15.4. The van der Waals surface area contributed by atoms with Crippen molar-refractivity contribution >= 4 is 17.5 Å². The van der Waals surface area contributed by atoms with E-state index in [0.29, 0.717) is 28.9 Å². The fourth-order valence-electron chi connectivity index (χ4n) is 3.82. The number of aromatic nitrogens is 4. The molecule has 0 spiro atoms. The van der Waals surface area contributed by atoms with Crippen LogP contribution in [-0.2, 0) is 0 Å². The average Bonchev–Trinajstić information content (AvgIpc) is 3.19. The van der Waals surface area contributed by atoms with Gasteiger partial charge in [-0.3, -0.25) is 9.89 Å². The summed E-state index contributed by atoms with van der Waals surface area (Å²) in [5.74, 6) is 0.684. The molecule has 0 radical (unpaired) electrons. The molecule has 8 heteroatoms. The van der Waals surface area contributed by atoms with Gasteiger partial charge in [-0.2, -0.15) is 5.10 Å². The second-order valence-corrected chi connectivity index (χ2v) is 8.91. The Balaban J connectivity index is 1.45. The average molecular weight is 434 g/mol. The molecule has 2 aromatic heterocycles. The van der Waals surface area contributed by atoms with Gasteiger partial charge in [0, 0.05) is 24.5 Å². The summed E-state index contributed by atoms with van der Waals surface area (Å²) in [6.07, 6.45) is 2.92. The number of rotatable bonds is 8. The highest BCUT2D eigenvalue weighted by atomic mass is 16.2. The predicted molar refractivity (Wildman–Crippen MR) is 126 cm³/mol. The molecule has 3 aromatic rings. The van der Waals surface area contributed by atoms with Gasteiger partial charge >= 0.3 is 0 Å². The summed E-state index contributed by atoms with van der Waals surface area (Å²) >= 11 is 0. The van der Waals surface area contributed by atoms with Crippen LogP contribution >= 0.6 is 0 Å². The minimum Gasteiger partial charge on any atom is -0.346 e. The van der Waals surface area contributed by atoms with Gasteiger partial charge in [-0.15, -0.1) is 0 Å². The van der Waals surface area contributed by atoms with Crippen molar-refractivity contribution in [2.75, 3.05) is 25.0 Å². The molecule has 1 fully saturated rings. The molecule has 0 saturated carbocycles. The van der Waals surface area contributed by atoms with Crippen molar-refractivity contribution in [3.8, 4) is 11.4 Å². The number of aromatic amines is 1. The maximum atomic E-state index is 12.8. The number of hydrogen-bond donors (Lipinski definition) is 3. The highest BCUT2D eigenvalue weighted by Crippen LogP contribution is 2.20. The number of likely N-dealkylation sites (tertiary alicyclic amines) is 1. The topological polar surface area (TPSA) is 98.8 Å². The number of nitrogens with zero attached hydrogens (tertiary/aromatic N) is 4. The lowest BCUT2D eigenvalue weighted by Crippen LogP contribution is -2.50. The van der Waals surface area contributed by atoms with Crippen molar-refractivity contribution in [1.82, 2.24) is 30.4 Å². The Morgan fingerprint density at radius 2 is 1.88 bits per heavy atom. The van der Waals surface area contributed by atoms with E-state index in [1.54, 1.807) is 18.3 Å². The SMILES string of the molecule is Cc1cc(C)cc(Nc2nccc(-c3cc(C(=O)N[C@H](CN4CCC4)C(C)C)[nH]n3)n2)c1. The third-order valence-electron chi connectivity index (χ3n) is 5.74. The molecular formula is C24H31N7O. The Hall–Kier alpha value is -3.26. The number of benzene rings is 1. The minimum absolute atomic E-state index is 0.0992. The Bertz CT molecular complexity index is 1070. The molecule has 1 atom stereocenters. The third-order valence-corrected chi connectivity index (χ3v) is 5.74. The quantitative estimate of drug-likeness (QED) is 0.501. The fraction of sp³-hybridized carbons (Fsp3) is 0.417. The number of carbonyl (C=O) groups excluding carboxylic acids is 1. The smallest absolute Gasteiger partial charge is 0.269 e. The van der Waals surface area contributed by atoms with Crippen LogP contribution in [0.3, 0.4) is 0 Å². The molecule has 1 aliphatic rings. The van der Waals surface area contributed by atoms with E-state index in [4.69, 9.17) is 0 Å². The van der Waals surface area contributed by atoms with Gasteiger partial charge in [-0.05, 0) is 74.7 Å². The van der Waals surface area contributed by atoms with Crippen molar-refractivity contribution in [3.63, 3.8) is 0 Å². The largest absolute Gasteiger partial charge is 0.346 e. The standard InChI is InChI=1S/C24H31N7O/c1-15(2)22(14-31-8-5-9-31)27-23(32)21-13-20(29-30-21)19-6-7-25-24(28-19)26-18-11-16(3)10-17(4)12-18/h6-7,10-13,15,22H,5,8-9,14H2,1-4H3,(H,27,32)(H,29,30)(H,25,26,28)/t22-/m1/s1. The number of anilines is 2. The zero-order valence-electron chi connectivity index (χ0n) is 19.1. The molecule has 1 saturated heterocycles. The van der Waals surface area contributed by atoms with Gasteiger partial charge in [0.2, 0.25) is 5.95 Å². The Kier molecular flexibility index (Phi) is 6.50. The summed E-state index contributed by atoms with van der Waals surface area (Å²) in [6.45, 7) is 11.5. The first kappa shape index (κ1) is 22.0. The molecule has 1 aromatic carbocycles. The molecule has 3 heterocycles. The lowest BCUT2D eigenvalue weighted by molar-refractivity contribution is 0.0878. The molecule has 0 aliphatic carbocycles. The second kappa shape index (κ2) is 9.48. The third kappa shape index (κ3) is 5.31. The summed E-state index contributed by atoms with van der Waals surface area (Å²) < 4.78 is 0. The summed E-state index contributed by atoms with van der Waals surface area (Å²) in [4.78, 5) is 24.1. The van der Waals surface area contributed by atoms with Crippen molar-refractivity contribution in [2.24, 2.45) is 5.92 Å². The summed E-state index contributed by atoms with van der Waals surface area (Å²) in [7, 11) is 0. The van der Waals surface area contributed by atoms with Crippen molar-refractivity contribution < 1.29 is 4.79 Å². The molecule has 1 aliphatic heterocycles. The monoisotopic (exact) mass is 433 g/mol. The molecule has 8 nitrogen and oxygen atoms in total. The molecule has 0 unspecified atom stereocenters. The summed E-state index contributed by atoms with van der Waals surface area (Å²) in [5.41, 5.74) is 4.94. The van der Waals surface area contributed by atoms with E-state index < -0.39 is 0 Å². The molecule has 1 amide bonds. The number of nitrogens with one attached hydrogen (secondary N) is 3. The van der Waals surface area contributed by atoms with Gasteiger partial charge in [0.1, 0.15) is 11.4 Å². The van der Waals surface area contributed by atoms with Crippen LogP contribution in [0.25, 0.3) is 11.4 Å². The lowest BCUT2D eigenvalue weighted by Gasteiger charge is -2.35. The second-order valence-electron chi connectivity index (χ2n) is 8.91. The van der Waals surface area contributed by atoms with E-state index in [1.165, 1.54) is 17.5 Å². The molecule has 32 heavy (non-hydrogen) atoms. The number of H-pyrrole nitrogens is 1. The fourth-order valence-corrected chi connectivity index (χ4v) is 3.82. The Labute approximate surface area is 188 Å². The van der Waals surface area contributed by atoms with E-state index in [1.807, 2.05) is 12.1 Å². The van der Waals surface area contributed by atoms with Gasteiger partial charge < -0.3 is 15.5 Å². The molecule has 3 N–H and O–H groups in total. The van der Waals surface area contributed by atoms with Crippen LogP contribution in [0.2, 0.25) is 0 Å². The van der Waals surface area contributed by atoms with Crippen LogP contribution in [-0.4, -0.2) is 56.6 Å². The van der Waals surface area contributed by atoms with Crippen LogP contribution in [0.15, 0.2) is 36.5 Å². The van der Waals surface area contributed by atoms with E-state index >= 15 is 0 Å². The van der Waals surface area contributed by atoms with Crippen LogP contribution in [0.4, 0.5) is 11.6 Å². The minimum atomic E-state index is -0.148. The van der Waals surface area contributed by atoms with E-state index in [-0.39, 0.29) is 11.9 Å². The Morgan fingerprint density at radius 1 is 1.12 bits per heavy atom. The molecule has 0 bridgehead atoms. The van der Waals surface area contributed by atoms with Crippen LogP contribution in [0.1, 0.15) is 41.9 Å². The normalized spacial score (nSPS) is 14.8. The van der Waals surface area contributed by atoms with Gasteiger partial charge in [0.05, 0.1) is 5.69 Å². The van der Waals surface area contributed by atoms with Crippen LogP contribution < -0.4 is 10.6 Å². The van der Waals surface area contributed by atoms with Gasteiger partial charge in [0.15, 0.2) is 0 Å². The summed E-state index contributed by atoms with van der Waals surface area (Å²) in [6, 6.07) is 9.83. The van der Waals surface area contributed by atoms with Crippen molar-refractivity contribution in [1.29, 1.82) is 0 Å². The predicted octanol–water partition coefficient (Wildman–Crippen LogP) is 3.69. The van der Waals surface area contributed by atoms with Crippen LogP contribution in [0.5, 0.6) is 0 Å². The van der Waals surface area contributed by atoms with Crippen molar-refractivity contribution in [3.05, 3.63) is 53.3 Å². The van der Waals surface area contributed by atoms with E-state index in [2.05, 4.69) is 69.5 Å². The number of aryl methyl sites for hydroxylation is 2. The van der Waals surface area contributed by atoms with E-state index in [0.717, 1.165) is 25.3 Å². The van der Waals surface area contributed by atoms with Crippen molar-refractivity contribution in [2.45, 2.75) is 40.2 Å². The molecule has 168 valence electrons. The van der Waals surface area contributed by atoms with Gasteiger partial charge in [0.25, 0.3) is 5.91 Å². The Morgan fingerprint density at radius 3 is 2.53 bits per heavy atom. The lowest BCUT2D eigenvalue weighted by atomic mass is 10.0. The van der Waals surface area contributed by atoms with Crippen LogP contribution in [0, 0.1) is 19.8 Å². The number of hydrogen-bond acceptors (Lipinski definition) is 6. The zero-order chi connectivity index (χ0) is 22.7. The summed E-state index contributed by atoms with van der Waals surface area (Å²) in [5, 5.41) is 13.6. The maximum absolute atomic E-state index is 12.8. The van der Waals surface area contributed by atoms with Gasteiger partial charge in [-0.1, -0.05) is 19.9 Å². The zero-order valence-corrected chi connectivity index (χ0v) is 19.1. The number of amides is 1. The maximum Gasteiger partial charge on any atom is 0.269 e. The molecule has 4 rings (SSSR count). The highest BCUT2D eigenvalue weighted by molar-refractivity contribution is 5.93. The highest BCUT2D eigenvalue weighted by Gasteiger charge is 2.24. The first-order valence-electron chi connectivity index (χ1n) is 11.1. The number of carbonyl (C=O) groups is 1.